The summed E-state index contributed by atoms with van der Waals surface area (Å²) in [6, 6.07) is 10.2. The van der Waals surface area contributed by atoms with Crippen molar-refractivity contribution in [3.8, 4) is 0 Å². The second kappa shape index (κ2) is 6.40. The topological polar surface area (TPSA) is 37.8 Å². The van der Waals surface area contributed by atoms with Gasteiger partial charge in [-0.15, -0.1) is 0 Å². The van der Waals surface area contributed by atoms with Gasteiger partial charge in [0.1, 0.15) is 0 Å². The van der Waals surface area contributed by atoms with Gasteiger partial charge in [0.05, 0.1) is 0 Å². The van der Waals surface area contributed by atoms with Gasteiger partial charge in [-0.2, -0.15) is 0 Å². The first-order valence-corrected chi connectivity index (χ1v) is 6.86. The summed E-state index contributed by atoms with van der Waals surface area (Å²) in [6.45, 7) is 5.06. The molecule has 2 rings (SSSR count). The number of nitrogens with one attached hydrogen (secondary N) is 1. The van der Waals surface area contributed by atoms with Gasteiger partial charge in [-0.1, -0.05) is 36.9 Å². The lowest BCUT2D eigenvalue weighted by atomic mass is 10.3. The van der Waals surface area contributed by atoms with Gasteiger partial charge in [0.15, 0.2) is 5.16 Å². The molecule has 1 heterocycles. The van der Waals surface area contributed by atoms with Crippen molar-refractivity contribution in [1.29, 1.82) is 0 Å². The maximum Gasteiger partial charge on any atom is 0.187 e. The van der Waals surface area contributed by atoms with Gasteiger partial charge in [0, 0.05) is 29.9 Å². The first-order chi connectivity index (χ1) is 8.74. The molecule has 0 bridgehead atoms. The highest BCUT2D eigenvalue weighted by atomic mass is 32.2. The molecular weight excluding hydrogens is 242 g/mol. The Morgan fingerprint density at radius 2 is 1.83 bits per heavy atom. The minimum atomic E-state index is 0.424. The fourth-order valence-corrected chi connectivity index (χ4v) is 2.23. The Morgan fingerprint density at radius 3 is 2.50 bits per heavy atom. The summed E-state index contributed by atoms with van der Waals surface area (Å²) < 4.78 is 0. The number of benzene rings is 1. The Labute approximate surface area is 112 Å². The van der Waals surface area contributed by atoms with E-state index < -0.39 is 0 Å². The Morgan fingerprint density at radius 1 is 1.17 bits per heavy atom. The van der Waals surface area contributed by atoms with E-state index in [0.717, 1.165) is 23.0 Å². The zero-order chi connectivity index (χ0) is 12.8. The lowest BCUT2D eigenvalue weighted by Gasteiger charge is -2.12. The number of hydrogen-bond donors (Lipinski definition) is 1. The van der Waals surface area contributed by atoms with Crippen molar-refractivity contribution in [3.63, 3.8) is 0 Å². The van der Waals surface area contributed by atoms with Crippen molar-refractivity contribution in [2.45, 2.75) is 24.3 Å². The quantitative estimate of drug-likeness (QED) is 0.660. The van der Waals surface area contributed by atoms with Crippen LogP contribution >= 0.6 is 11.8 Å². The molecule has 4 heteroatoms. The van der Waals surface area contributed by atoms with Crippen LogP contribution in [0.15, 0.2) is 47.9 Å². The normalized spacial score (nSPS) is 12.1. The molecule has 0 saturated carbocycles. The maximum absolute atomic E-state index is 4.30. The number of anilines is 1. The Bertz CT molecular complexity index is 470. The van der Waals surface area contributed by atoms with Crippen LogP contribution in [0.2, 0.25) is 0 Å². The van der Waals surface area contributed by atoms with Crippen molar-refractivity contribution in [2.75, 3.05) is 11.9 Å². The van der Waals surface area contributed by atoms with Crippen LogP contribution in [-0.2, 0) is 0 Å². The van der Waals surface area contributed by atoms with Crippen LogP contribution in [0.4, 0.5) is 5.69 Å². The van der Waals surface area contributed by atoms with Crippen molar-refractivity contribution < 1.29 is 0 Å². The van der Waals surface area contributed by atoms with Crippen molar-refractivity contribution in [3.05, 3.63) is 48.3 Å². The second-order valence-electron chi connectivity index (χ2n) is 4.22. The van der Waals surface area contributed by atoms with E-state index in [4.69, 9.17) is 0 Å². The molecule has 0 amide bonds. The molecule has 18 heavy (non-hydrogen) atoms. The number of thioether (sulfide) groups is 1. The lowest BCUT2D eigenvalue weighted by molar-refractivity contribution is 0.925. The molecule has 1 aromatic heterocycles. The van der Waals surface area contributed by atoms with E-state index >= 15 is 0 Å². The van der Waals surface area contributed by atoms with Crippen LogP contribution in [0.3, 0.4) is 0 Å². The third-order valence-electron chi connectivity index (χ3n) is 2.43. The van der Waals surface area contributed by atoms with Gasteiger partial charge in [-0.25, -0.2) is 9.97 Å². The molecule has 1 N–H and O–H groups in total. The summed E-state index contributed by atoms with van der Waals surface area (Å²) in [4.78, 5) is 8.59. The highest BCUT2D eigenvalue weighted by Crippen LogP contribution is 2.19. The molecule has 1 atom stereocenters. The minimum absolute atomic E-state index is 0.424. The molecule has 2 aromatic rings. The first kappa shape index (κ1) is 12.9. The second-order valence-corrected chi connectivity index (χ2v) is 5.62. The summed E-state index contributed by atoms with van der Waals surface area (Å²) in [5.41, 5.74) is 2.24. The number of aryl methyl sites for hydroxylation is 1. The van der Waals surface area contributed by atoms with E-state index in [1.54, 1.807) is 11.8 Å². The van der Waals surface area contributed by atoms with Crippen LogP contribution in [0.25, 0.3) is 0 Å². The number of para-hydroxylation sites is 1. The molecule has 0 saturated heterocycles. The third-order valence-corrected chi connectivity index (χ3v) is 3.42. The number of hydrogen-bond acceptors (Lipinski definition) is 4. The molecule has 0 aliphatic rings. The molecule has 0 fully saturated rings. The number of nitrogens with zero attached hydrogens (tertiary/aromatic N) is 2. The zero-order valence-electron chi connectivity index (χ0n) is 10.6. The monoisotopic (exact) mass is 259 g/mol. The molecule has 1 aromatic carbocycles. The van der Waals surface area contributed by atoms with Crippen molar-refractivity contribution >= 4 is 17.4 Å². The average molecular weight is 259 g/mol. The van der Waals surface area contributed by atoms with Crippen molar-refractivity contribution in [2.24, 2.45) is 0 Å². The van der Waals surface area contributed by atoms with Crippen LogP contribution < -0.4 is 5.32 Å². The molecule has 0 aliphatic heterocycles. The summed E-state index contributed by atoms with van der Waals surface area (Å²) >= 11 is 1.69. The summed E-state index contributed by atoms with van der Waals surface area (Å²) in [5.74, 6) is 0. The van der Waals surface area contributed by atoms with Gasteiger partial charge < -0.3 is 5.32 Å². The van der Waals surface area contributed by atoms with Crippen molar-refractivity contribution in [1.82, 2.24) is 9.97 Å². The summed E-state index contributed by atoms with van der Waals surface area (Å²) in [5, 5.41) is 4.66. The highest BCUT2D eigenvalue weighted by Gasteiger charge is 2.06. The highest BCUT2D eigenvalue weighted by molar-refractivity contribution is 7.99. The number of aromatic nitrogens is 2. The predicted octanol–water partition coefficient (Wildman–Crippen LogP) is 3.38. The van der Waals surface area contributed by atoms with E-state index in [0.29, 0.717) is 5.25 Å². The molecule has 1 unspecified atom stereocenters. The lowest BCUT2D eigenvalue weighted by Crippen LogP contribution is -2.13. The summed E-state index contributed by atoms with van der Waals surface area (Å²) in [6.07, 6.45) is 3.71. The molecular formula is C14H17N3S. The SMILES string of the molecule is Cc1cnc(SC(C)CNc2ccccc2)nc1. The van der Waals surface area contributed by atoms with Gasteiger partial charge in [0.25, 0.3) is 0 Å². The van der Waals surface area contributed by atoms with Crippen LogP contribution in [0.5, 0.6) is 0 Å². The summed E-state index contributed by atoms with van der Waals surface area (Å²) in [7, 11) is 0. The molecule has 94 valence electrons. The fourth-order valence-electron chi connectivity index (χ4n) is 1.48. The van der Waals surface area contributed by atoms with Gasteiger partial charge >= 0.3 is 0 Å². The van der Waals surface area contributed by atoms with E-state index in [1.165, 1.54) is 0 Å². The van der Waals surface area contributed by atoms with Gasteiger partial charge in [0.2, 0.25) is 0 Å². The molecule has 0 spiro atoms. The maximum atomic E-state index is 4.30. The Balaban J connectivity index is 1.82. The van der Waals surface area contributed by atoms with E-state index in [9.17, 15) is 0 Å². The van der Waals surface area contributed by atoms with E-state index in [1.807, 2.05) is 37.5 Å². The van der Waals surface area contributed by atoms with Gasteiger partial charge in [-0.05, 0) is 24.6 Å². The largest absolute Gasteiger partial charge is 0.384 e. The van der Waals surface area contributed by atoms with Gasteiger partial charge in [-0.3, -0.25) is 0 Å². The van der Waals surface area contributed by atoms with Crippen LogP contribution in [0, 0.1) is 6.92 Å². The van der Waals surface area contributed by atoms with E-state index in [-0.39, 0.29) is 0 Å². The Hall–Kier alpha value is -1.55. The predicted molar refractivity (Wildman–Crippen MR) is 77.0 cm³/mol. The van der Waals surface area contributed by atoms with Crippen LogP contribution in [0.1, 0.15) is 12.5 Å². The molecule has 3 nitrogen and oxygen atoms in total. The third kappa shape index (κ3) is 4.04. The van der Waals surface area contributed by atoms with E-state index in [2.05, 4.69) is 34.3 Å². The molecule has 0 radical (unpaired) electrons. The smallest absolute Gasteiger partial charge is 0.187 e. The average Bonchev–Trinajstić information content (AvgIpc) is 2.40. The standard InChI is InChI=1S/C14H17N3S/c1-11-8-16-14(17-9-11)18-12(2)10-15-13-6-4-3-5-7-13/h3-9,12,15H,10H2,1-2H3. The zero-order valence-corrected chi connectivity index (χ0v) is 11.4. The minimum Gasteiger partial charge on any atom is -0.384 e. The van der Waals surface area contributed by atoms with Crippen LogP contribution in [-0.4, -0.2) is 21.8 Å². The fraction of sp³-hybridized carbons (Fsp3) is 0.286. The number of rotatable bonds is 5. The Kier molecular flexibility index (Phi) is 4.59. The first-order valence-electron chi connectivity index (χ1n) is 5.98. The molecule has 0 aliphatic carbocycles.